The molecule has 2 atom stereocenters. The molecule has 2 saturated carbocycles. The van der Waals surface area contributed by atoms with E-state index in [9.17, 15) is 16.8 Å². The number of ether oxygens (including phenoxy) is 2. The van der Waals surface area contributed by atoms with E-state index < -0.39 is 19.9 Å². The number of sulfone groups is 1. The molecule has 194 valence electrons. The molecular formula is C25H31N3O6S2. The minimum atomic E-state index is -3.27. The molecule has 1 aromatic heterocycles. The van der Waals surface area contributed by atoms with Gasteiger partial charge in [-0.1, -0.05) is 0 Å². The first kappa shape index (κ1) is 24.1. The van der Waals surface area contributed by atoms with Crippen LogP contribution >= 0.6 is 0 Å². The van der Waals surface area contributed by atoms with Crippen LogP contribution in [0.15, 0.2) is 29.4 Å². The number of hydrogen-bond acceptors (Lipinski definition) is 8. The normalized spacial score (nSPS) is 26.7. The van der Waals surface area contributed by atoms with E-state index in [4.69, 9.17) is 9.47 Å². The third-order valence-corrected chi connectivity index (χ3v) is 12.5. The molecule has 2 aliphatic carbocycles. The standard InChI is InChI=1S/C25H31N3O6S2/c1-15-11-22(35(29,30)20-5-6-20)9-10-23(15)34-25-16(2)24(26-14-27-25)33-19-12-17-3-4-18(13-19)28(17)36(31,32)21-7-8-21/h9-11,14,17-21H,3-8,12-13H2,1-2H3. The van der Waals surface area contributed by atoms with Gasteiger partial charge in [-0.05, 0) is 76.1 Å². The lowest BCUT2D eigenvalue weighted by Crippen LogP contribution is -2.50. The van der Waals surface area contributed by atoms with Crippen molar-refractivity contribution in [2.75, 3.05) is 0 Å². The Morgan fingerprint density at radius 3 is 2.11 bits per heavy atom. The Balaban J connectivity index is 1.16. The number of rotatable bonds is 8. The molecule has 0 amide bonds. The first-order valence-electron chi connectivity index (χ1n) is 12.7. The quantitative estimate of drug-likeness (QED) is 0.505. The number of aryl methyl sites for hydroxylation is 1. The Morgan fingerprint density at radius 2 is 1.50 bits per heavy atom. The average Bonchev–Trinajstić information content (AvgIpc) is 3.73. The van der Waals surface area contributed by atoms with Gasteiger partial charge in [0.05, 0.1) is 21.0 Å². The smallest absolute Gasteiger partial charge is 0.229 e. The van der Waals surface area contributed by atoms with E-state index in [2.05, 4.69) is 9.97 Å². The Morgan fingerprint density at radius 1 is 0.861 bits per heavy atom. The van der Waals surface area contributed by atoms with Crippen molar-refractivity contribution < 1.29 is 26.3 Å². The summed E-state index contributed by atoms with van der Waals surface area (Å²) in [7, 11) is -6.46. The van der Waals surface area contributed by atoms with E-state index >= 15 is 0 Å². The Kier molecular flexibility index (Phi) is 5.80. The predicted molar refractivity (Wildman–Crippen MR) is 132 cm³/mol. The third-order valence-electron chi connectivity index (χ3n) is 7.78. The second-order valence-electron chi connectivity index (χ2n) is 10.6. The average molecular weight is 534 g/mol. The minimum Gasteiger partial charge on any atom is -0.474 e. The van der Waals surface area contributed by atoms with Crippen LogP contribution in [-0.4, -0.2) is 59.8 Å². The molecule has 9 nitrogen and oxygen atoms in total. The number of benzene rings is 1. The maximum atomic E-state index is 12.9. The molecule has 4 fully saturated rings. The number of sulfonamides is 1. The number of aromatic nitrogens is 2. The minimum absolute atomic E-state index is 0.00899. The van der Waals surface area contributed by atoms with Crippen LogP contribution in [0.2, 0.25) is 0 Å². The molecule has 1 aromatic carbocycles. The molecule has 11 heteroatoms. The van der Waals surface area contributed by atoms with Crippen molar-refractivity contribution in [3.8, 4) is 17.5 Å². The lowest BCUT2D eigenvalue weighted by molar-refractivity contribution is 0.0906. The highest BCUT2D eigenvalue weighted by Crippen LogP contribution is 2.44. The summed E-state index contributed by atoms with van der Waals surface area (Å²) in [6.45, 7) is 3.64. The summed E-state index contributed by atoms with van der Waals surface area (Å²) in [5.74, 6) is 1.29. The third kappa shape index (κ3) is 4.28. The van der Waals surface area contributed by atoms with Crippen LogP contribution in [0.3, 0.4) is 0 Å². The summed E-state index contributed by atoms with van der Waals surface area (Å²) in [6.07, 6.45) is 7.32. The molecule has 2 aromatic rings. The highest BCUT2D eigenvalue weighted by Gasteiger charge is 2.52. The van der Waals surface area contributed by atoms with E-state index in [0.717, 1.165) is 38.5 Å². The Hall–Kier alpha value is -2.24. The molecule has 2 bridgehead atoms. The van der Waals surface area contributed by atoms with Crippen LogP contribution in [0.25, 0.3) is 0 Å². The summed E-state index contributed by atoms with van der Waals surface area (Å²) >= 11 is 0. The van der Waals surface area contributed by atoms with E-state index in [1.54, 1.807) is 22.5 Å². The van der Waals surface area contributed by atoms with Crippen molar-refractivity contribution in [1.29, 1.82) is 0 Å². The fourth-order valence-corrected chi connectivity index (χ4v) is 9.55. The molecule has 36 heavy (non-hydrogen) atoms. The van der Waals surface area contributed by atoms with Crippen LogP contribution < -0.4 is 9.47 Å². The Labute approximate surface area is 212 Å². The molecular weight excluding hydrogens is 502 g/mol. The molecule has 2 aliphatic heterocycles. The largest absolute Gasteiger partial charge is 0.474 e. The lowest BCUT2D eigenvalue weighted by atomic mass is 10.0. The SMILES string of the molecule is Cc1cc(S(=O)(=O)C2CC2)ccc1Oc1ncnc(OC2CC3CCC(C2)N3S(=O)(=O)C2CC2)c1C. The number of hydrogen-bond donors (Lipinski definition) is 0. The van der Waals surface area contributed by atoms with E-state index in [1.807, 2.05) is 13.8 Å². The van der Waals surface area contributed by atoms with E-state index in [0.29, 0.717) is 46.4 Å². The molecule has 3 heterocycles. The summed E-state index contributed by atoms with van der Waals surface area (Å²) in [5.41, 5.74) is 1.35. The van der Waals surface area contributed by atoms with Gasteiger partial charge in [-0.3, -0.25) is 0 Å². The second-order valence-corrected chi connectivity index (χ2v) is 14.9. The van der Waals surface area contributed by atoms with Crippen molar-refractivity contribution in [3.05, 3.63) is 35.7 Å². The first-order valence-corrected chi connectivity index (χ1v) is 15.7. The highest BCUT2D eigenvalue weighted by molar-refractivity contribution is 7.92. The molecule has 6 rings (SSSR count). The zero-order valence-corrected chi connectivity index (χ0v) is 22.1. The van der Waals surface area contributed by atoms with Gasteiger partial charge in [0.2, 0.25) is 21.8 Å². The summed E-state index contributed by atoms with van der Waals surface area (Å²) in [6, 6.07) is 4.88. The second kappa shape index (κ2) is 8.66. The van der Waals surface area contributed by atoms with Gasteiger partial charge in [0.25, 0.3) is 0 Å². The Bertz CT molecular complexity index is 1390. The van der Waals surface area contributed by atoms with Crippen LogP contribution in [0, 0.1) is 13.8 Å². The molecule has 2 saturated heterocycles. The molecule has 0 radical (unpaired) electrons. The van der Waals surface area contributed by atoms with Crippen LogP contribution in [-0.2, 0) is 19.9 Å². The van der Waals surface area contributed by atoms with E-state index in [-0.39, 0.29) is 28.7 Å². The highest BCUT2D eigenvalue weighted by atomic mass is 32.2. The molecule has 2 unspecified atom stereocenters. The number of piperidine rings is 1. The number of fused-ring (bicyclic) bond motifs is 2. The van der Waals surface area contributed by atoms with Crippen molar-refractivity contribution in [1.82, 2.24) is 14.3 Å². The van der Waals surface area contributed by atoms with Crippen LogP contribution in [0.1, 0.15) is 62.5 Å². The maximum Gasteiger partial charge on any atom is 0.229 e. The fraction of sp³-hybridized carbons (Fsp3) is 0.600. The summed E-state index contributed by atoms with van der Waals surface area (Å²) in [4.78, 5) is 8.92. The first-order chi connectivity index (χ1) is 17.1. The topological polar surface area (TPSA) is 116 Å². The molecule has 0 spiro atoms. The fourth-order valence-electron chi connectivity index (χ4n) is 5.52. The van der Waals surface area contributed by atoms with Gasteiger partial charge in [-0.25, -0.2) is 26.8 Å². The zero-order valence-electron chi connectivity index (χ0n) is 20.5. The van der Waals surface area contributed by atoms with Crippen molar-refractivity contribution >= 4 is 19.9 Å². The van der Waals surface area contributed by atoms with Crippen molar-refractivity contribution in [2.45, 2.75) is 98.8 Å². The maximum absolute atomic E-state index is 12.9. The summed E-state index contributed by atoms with van der Waals surface area (Å²) < 4.78 is 65.0. The predicted octanol–water partition coefficient (Wildman–Crippen LogP) is 3.69. The van der Waals surface area contributed by atoms with Crippen molar-refractivity contribution in [3.63, 3.8) is 0 Å². The zero-order chi connectivity index (χ0) is 25.2. The monoisotopic (exact) mass is 533 g/mol. The van der Waals surface area contributed by atoms with Gasteiger partial charge in [0.1, 0.15) is 18.2 Å². The lowest BCUT2D eigenvalue weighted by Gasteiger charge is -2.37. The molecule has 4 aliphatic rings. The van der Waals surface area contributed by atoms with Gasteiger partial charge >= 0.3 is 0 Å². The van der Waals surface area contributed by atoms with Gasteiger partial charge in [0, 0.05) is 24.9 Å². The summed E-state index contributed by atoms with van der Waals surface area (Å²) in [5, 5.41) is -0.448. The van der Waals surface area contributed by atoms with Gasteiger partial charge in [0.15, 0.2) is 9.84 Å². The molecule has 0 N–H and O–H groups in total. The van der Waals surface area contributed by atoms with Gasteiger partial charge in [-0.15, -0.1) is 0 Å². The van der Waals surface area contributed by atoms with Gasteiger partial charge < -0.3 is 9.47 Å². The number of nitrogens with zero attached hydrogens (tertiary/aromatic N) is 3. The van der Waals surface area contributed by atoms with Gasteiger partial charge in [-0.2, -0.15) is 4.31 Å². The van der Waals surface area contributed by atoms with Crippen LogP contribution in [0.4, 0.5) is 0 Å². The van der Waals surface area contributed by atoms with E-state index in [1.165, 1.54) is 6.33 Å². The van der Waals surface area contributed by atoms with Crippen molar-refractivity contribution in [2.24, 2.45) is 0 Å². The van der Waals surface area contributed by atoms with Crippen LogP contribution in [0.5, 0.6) is 17.5 Å².